The standard InChI is InChI=1S/C20H22Cl2N4O3/c1-11-16(25(5)19(28)29-20(2,3)4)17(14-7-6-12(21)8-15(14)22)26-9-13(10-27)24-18(26)23-11/h6-9,27H,10H2,1-5H3. The third kappa shape index (κ3) is 4.32. The van der Waals surface area contributed by atoms with Gasteiger partial charge in [0.05, 0.1) is 34.4 Å². The molecule has 1 aromatic carbocycles. The molecule has 0 aliphatic carbocycles. The maximum Gasteiger partial charge on any atom is 0.414 e. The first-order chi connectivity index (χ1) is 13.5. The average Bonchev–Trinajstić information content (AvgIpc) is 3.01. The minimum Gasteiger partial charge on any atom is -0.443 e. The fraction of sp³-hybridized carbons (Fsp3) is 0.350. The monoisotopic (exact) mass is 436 g/mol. The molecule has 2 heterocycles. The van der Waals surface area contributed by atoms with Gasteiger partial charge in [-0.15, -0.1) is 0 Å². The molecule has 0 spiro atoms. The summed E-state index contributed by atoms with van der Waals surface area (Å²) in [5, 5.41) is 10.4. The number of nitrogens with zero attached hydrogens (tertiary/aromatic N) is 4. The van der Waals surface area contributed by atoms with Crippen molar-refractivity contribution in [3.8, 4) is 11.3 Å². The Bertz CT molecular complexity index is 1090. The van der Waals surface area contributed by atoms with E-state index in [1.165, 1.54) is 4.90 Å². The van der Waals surface area contributed by atoms with E-state index >= 15 is 0 Å². The Morgan fingerprint density at radius 2 is 1.97 bits per heavy atom. The van der Waals surface area contributed by atoms with Crippen LogP contribution in [0.25, 0.3) is 17.0 Å². The van der Waals surface area contributed by atoms with Gasteiger partial charge in [-0.3, -0.25) is 9.30 Å². The van der Waals surface area contributed by atoms with Gasteiger partial charge in [-0.2, -0.15) is 0 Å². The summed E-state index contributed by atoms with van der Waals surface area (Å²) >= 11 is 12.6. The minimum absolute atomic E-state index is 0.243. The molecular formula is C20H22Cl2N4O3. The van der Waals surface area contributed by atoms with E-state index in [1.54, 1.807) is 63.5 Å². The molecule has 0 fully saturated rings. The van der Waals surface area contributed by atoms with Crippen molar-refractivity contribution in [2.24, 2.45) is 0 Å². The molecule has 2 aromatic heterocycles. The Labute approximate surface area is 178 Å². The van der Waals surface area contributed by atoms with Crippen LogP contribution in [0.2, 0.25) is 10.0 Å². The fourth-order valence-corrected chi connectivity index (χ4v) is 3.49. The molecule has 3 aromatic rings. The Hall–Kier alpha value is -2.35. The minimum atomic E-state index is -0.659. The van der Waals surface area contributed by atoms with Crippen molar-refractivity contribution in [2.75, 3.05) is 11.9 Å². The van der Waals surface area contributed by atoms with Crippen LogP contribution in [0.1, 0.15) is 32.2 Å². The largest absolute Gasteiger partial charge is 0.443 e. The number of fused-ring (bicyclic) bond motifs is 1. The van der Waals surface area contributed by atoms with Gasteiger partial charge >= 0.3 is 6.09 Å². The average molecular weight is 437 g/mol. The highest BCUT2D eigenvalue weighted by molar-refractivity contribution is 6.36. The molecule has 7 nitrogen and oxygen atoms in total. The summed E-state index contributed by atoms with van der Waals surface area (Å²) in [7, 11) is 1.61. The van der Waals surface area contributed by atoms with Crippen LogP contribution in [0, 0.1) is 6.92 Å². The van der Waals surface area contributed by atoms with E-state index in [0.717, 1.165) is 0 Å². The Morgan fingerprint density at radius 1 is 1.28 bits per heavy atom. The van der Waals surface area contributed by atoms with E-state index < -0.39 is 11.7 Å². The van der Waals surface area contributed by atoms with Gasteiger partial charge in [0.25, 0.3) is 0 Å². The van der Waals surface area contributed by atoms with Crippen LogP contribution in [0.5, 0.6) is 0 Å². The molecule has 0 saturated heterocycles. The van der Waals surface area contributed by atoms with Gasteiger partial charge in [-0.25, -0.2) is 14.8 Å². The van der Waals surface area contributed by atoms with Crippen molar-refractivity contribution >= 4 is 40.8 Å². The summed E-state index contributed by atoms with van der Waals surface area (Å²) in [4.78, 5) is 23.0. The predicted octanol–water partition coefficient (Wildman–Crippen LogP) is 4.88. The van der Waals surface area contributed by atoms with E-state index in [2.05, 4.69) is 9.97 Å². The lowest BCUT2D eigenvalue weighted by atomic mass is 10.1. The van der Waals surface area contributed by atoms with E-state index in [9.17, 15) is 9.90 Å². The number of carbonyl (C=O) groups is 1. The number of anilines is 1. The second-order valence-electron chi connectivity index (χ2n) is 7.62. The van der Waals surface area contributed by atoms with Gasteiger partial charge in [0.2, 0.25) is 5.78 Å². The number of ether oxygens (including phenoxy) is 1. The highest BCUT2D eigenvalue weighted by Crippen LogP contribution is 2.38. The number of halogens is 2. The van der Waals surface area contributed by atoms with Gasteiger partial charge in [0.15, 0.2) is 0 Å². The van der Waals surface area contributed by atoms with Gasteiger partial charge in [-0.1, -0.05) is 23.2 Å². The Balaban J connectivity index is 2.31. The molecule has 1 amide bonds. The highest BCUT2D eigenvalue weighted by atomic mass is 35.5. The molecule has 0 radical (unpaired) electrons. The summed E-state index contributed by atoms with van der Waals surface area (Å²) in [6.45, 7) is 6.93. The first kappa shape index (κ1) is 21.4. The Morgan fingerprint density at radius 3 is 2.55 bits per heavy atom. The molecular weight excluding hydrogens is 415 g/mol. The zero-order valence-electron chi connectivity index (χ0n) is 16.8. The number of aliphatic hydroxyl groups is 1. The van der Waals surface area contributed by atoms with E-state index in [1.807, 2.05) is 0 Å². The molecule has 3 rings (SSSR count). The van der Waals surface area contributed by atoms with Crippen LogP contribution in [0.3, 0.4) is 0 Å². The number of benzene rings is 1. The molecule has 0 unspecified atom stereocenters. The third-order valence-corrected chi connectivity index (χ3v) is 4.71. The first-order valence-electron chi connectivity index (χ1n) is 8.93. The smallest absolute Gasteiger partial charge is 0.414 e. The lowest BCUT2D eigenvalue weighted by molar-refractivity contribution is 0.0589. The number of carbonyl (C=O) groups excluding carboxylic acids is 1. The molecule has 0 aliphatic heterocycles. The van der Waals surface area contributed by atoms with Gasteiger partial charge in [0.1, 0.15) is 5.60 Å². The van der Waals surface area contributed by atoms with E-state index in [4.69, 9.17) is 27.9 Å². The highest BCUT2D eigenvalue weighted by Gasteiger charge is 2.27. The zero-order valence-corrected chi connectivity index (χ0v) is 18.3. The molecule has 0 saturated carbocycles. The number of amides is 1. The molecule has 29 heavy (non-hydrogen) atoms. The number of hydrogen-bond donors (Lipinski definition) is 1. The maximum atomic E-state index is 12.8. The number of aliphatic hydroxyl groups excluding tert-OH is 1. The van der Waals surface area contributed by atoms with Crippen molar-refractivity contribution in [1.29, 1.82) is 0 Å². The normalized spacial score (nSPS) is 11.7. The van der Waals surface area contributed by atoms with Gasteiger partial charge in [0, 0.05) is 23.8 Å². The number of rotatable bonds is 3. The van der Waals surface area contributed by atoms with E-state index in [0.29, 0.717) is 44.2 Å². The Kier molecular flexibility index (Phi) is 5.76. The van der Waals surface area contributed by atoms with Crippen LogP contribution in [0.4, 0.5) is 10.5 Å². The second kappa shape index (κ2) is 7.82. The molecule has 9 heteroatoms. The lowest BCUT2D eigenvalue weighted by Crippen LogP contribution is -2.35. The SMILES string of the molecule is Cc1nc2nc(CO)cn2c(-c2ccc(Cl)cc2Cl)c1N(C)C(=O)OC(C)(C)C. The van der Waals surface area contributed by atoms with Crippen LogP contribution in [-0.2, 0) is 11.3 Å². The quantitative estimate of drug-likeness (QED) is 0.632. The third-order valence-electron chi connectivity index (χ3n) is 4.16. The number of aryl methyl sites for hydroxylation is 1. The number of hydrogen-bond acceptors (Lipinski definition) is 5. The van der Waals surface area contributed by atoms with Crippen LogP contribution in [0.15, 0.2) is 24.4 Å². The second-order valence-corrected chi connectivity index (χ2v) is 8.46. The lowest BCUT2D eigenvalue weighted by Gasteiger charge is -2.27. The summed E-state index contributed by atoms with van der Waals surface area (Å²) in [6.07, 6.45) is 1.13. The van der Waals surface area contributed by atoms with Crippen molar-refractivity contribution in [1.82, 2.24) is 14.4 Å². The molecule has 154 valence electrons. The first-order valence-corrected chi connectivity index (χ1v) is 9.69. The zero-order chi connectivity index (χ0) is 21.5. The van der Waals surface area contributed by atoms with Crippen molar-refractivity contribution in [3.05, 3.63) is 45.8 Å². The van der Waals surface area contributed by atoms with Crippen LogP contribution in [-0.4, -0.2) is 38.2 Å². The fourth-order valence-electron chi connectivity index (χ4n) is 2.99. The summed E-state index contributed by atoms with van der Waals surface area (Å²) in [5.74, 6) is 0.383. The van der Waals surface area contributed by atoms with Gasteiger partial charge < -0.3 is 9.84 Å². The van der Waals surface area contributed by atoms with Crippen LogP contribution < -0.4 is 4.90 Å². The topological polar surface area (TPSA) is 80.0 Å². The molecule has 1 N–H and O–H groups in total. The van der Waals surface area contributed by atoms with Crippen LogP contribution >= 0.6 is 23.2 Å². The van der Waals surface area contributed by atoms with Gasteiger partial charge in [-0.05, 0) is 45.9 Å². The predicted molar refractivity (Wildman–Crippen MR) is 114 cm³/mol. The van der Waals surface area contributed by atoms with Crippen molar-refractivity contribution in [3.63, 3.8) is 0 Å². The van der Waals surface area contributed by atoms with E-state index in [-0.39, 0.29) is 6.61 Å². The summed E-state index contributed by atoms with van der Waals surface area (Å²) in [6, 6.07) is 5.11. The van der Waals surface area contributed by atoms with Crippen molar-refractivity contribution < 1.29 is 14.6 Å². The summed E-state index contributed by atoms with van der Waals surface area (Å²) < 4.78 is 7.23. The maximum absolute atomic E-state index is 12.8. The number of imidazole rings is 1. The van der Waals surface area contributed by atoms with Crippen molar-refractivity contribution in [2.45, 2.75) is 39.9 Å². The number of aromatic nitrogens is 3. The molecule has 0 aliphatic rings. The molecule has 0 atom stereocenters. The molecule has 0 bridgehead atoms. The summed E-state index contributed by atoms with van der Waals surface area (Å²) in [5.41, 5.74) is 2.09.